The molecule has 0 aliphatic carbocycles. The minimum absolute atomic E-state index is 0.0882. The first-order valence-corrected chi connectivity index (χ1v) is 7.76. The molecule has 3 rings (SSSR count). The Morgan fingerprint density at radius 3 is 2.67 bits per heavy atom. The van der Waals surface area contributed by atoms with Gasteiger partial charge in [-0.3, -0.25) is 4.79 Å². The van der Waals surface area contributed by atoms with Crippen molar-refractivity contribution in [3.63, 3.8) is 0 Å². The predicted octanol–water partition coefficient (Wildman–Crippen LogP) is 3.11. The van der Waals surface area contributed by atoms with Crippen molar-refractivity contribution in [2.75, 3.05) is 13.1 Å². The number of nitrogens with zero attached hydrogens (tertiary/aromatic N) is 3. The summed E-state index contributed by atoms with van der Waals surface area (Å²) >= 11 is 0. The molecule has 0 radical (unpaired) electrons. The van der Waals surface area contributed by atoms with Crippen LogP contribution in [0.15, 0.2) is 10.6 Å². The van der Waals surface area contributed by atoms with Gasteiger partial charge in [-0.1, -0.05) is 24.9 Å². The van der Waals surface area contributed by atoms with E-state index >= 15 is 0 Å². The highest BCUT2D eigenvalue weighted by atomic mass is 16.5. The van der Waals surface area contributed by atoms with Crippen LogP contribution in [0.5, 0.6) is 0 Å². The van der Waals surface area contributed by atoms with Crippen LogP contribution < -0.4 is 0 Å². The van der Waals surface area contributed by atoms with Gasteiger partial charge in [0.2, 0.25) is 0 Å². The van der Waals surface area contributed by atoms with E-state index in [0.717, 1.165) is 49.1 Å². The average Bonchev–Trinajstić information content (AvgIpc) is 2.72. The van der Waals surface area contributed by atoms with Crippen LogP contribution in [0.25, 0.3) is 11.1 Å². The summed E-state index contributed by atoms with van der Waals surface area (Å²) in [5.74, 6) is 0.0882. The molecule has 2 aromatic rings. The van der Waals surface area contributed by atoms with Crippen LogP contribution >= 0.6 is 0 Å². The lowest BCUT2D eigenvalue weighted by Gasteiger charge is -2.20. The zero-order valence-corrected chi connectivity index (χ0v) is 12.7. The number of carbonyl (C=O) groups excluding carboxylic acids is 1. The Labute approximate surface area is 124 Å². The van der Waals surface area contributed by atoms with Crippen LogP contribution in [0.3, 0.4) is 0 Å². The van der Waals surface area contributed by atoms with E-state index in [1.807, 2.05) is 24.8 Å². The maximum atomic E-state index is 12.9. The van der Waals surface area contributed by atoms with Crippen LogP contribution in [0.4, 0.5) is 0 Å². The lowest BCUT2D eigenvalue weighted by Crippen LogP contribution is -2.32. The maximum Gasteiger partial charge on any atom is 0.258 e. The van der Waals surface area contributed by atoms with E-state index in [9.17, 15) is 4.79 Å². The first-order chi connectivity index (χ1) is 10.2. The first-order valence-electron chi connectivity index (χ1n) is 7.76. The van der Waals surface area contributed by atoms with E-state index in [1.54, 1.807) is 0 Å². The highest BCUT2D eigenvalue weighted by Gasteiger charge is 2.23. The molecule has 1 saturated heterocycles. The van der Waals surface area contributed by atoms with Gasteiger partial charge in [-0.05, 0) is 32.3 Å². The van der Waals surface area contributed by atoms with Crippen molar-refractivity contribution in [2.45, 2.75) is 46.0 Å². The Morgan fingerprint density at radius 2 is 2.00 bits per heavy atom. The minimum Gasteiger partial charge on any atom is -0.339 e. The molecule has 0 bridgehead atoms. The third-order valence-corrected chi connectivity index (χ3v) is 4.16. The summed E-state index contributed by atoms with van der Waals surface area (Å²) in [5.41, 5.74) is 2.78. The van der Waals surface area contributed by atoms with Crippen LogP contribution in [0.1, 0.15) is 54.4 Å². The highest BCUT2D eigenvalue weighted by Crippen LogP contribution is 2.24. The quantitative estimate of drug-likeness (QED) is 0.851. The normalized spacial score (nSPS) is 16.2. The molecule has 0 aromatic carbocycles. The van der Waals surface area contributed by atoms with E-state index in [1.165, 1.54) is 12.8 Å². The van der Waals surface area contributed by atoms with Crippen molar-refractivity contribution in [3.05, 3.63) is 23.0 Å². The molecule has 21 heavy (non-hydrogen) atoms. The molecular formula is C16H21N3O2. The van der Waals surface area contributed by atoms with Gasteiger partial charge in [-0.15, -0.1) is 0 Å². The molecule has 0 N–H and O–H groups in total. The zero-order valence-electron chi connectivity index (χ0n) is 12.7. The van der Waals surface area contributed by atoms with E-state index in [-0.39, 0.29) is 5.91 Å². The largest absolute Gasteiger partial charge is 0.339 e. The number of hydrogen-bond acceptors (Lipinski definition) is 4. The summed E-state index contributed by atoms with van der Waals surface area (Å²) < 4.78 is 5.26. The Morgan fingerprint density at radius 1 is 1.29 bits per heavy atom. The molecule has 3 heterocycles. The number of rotatable bonds is 2. The second kappa shape index (κ2) is 5.84. The SMILES string of the molecule is CCc1cc(C(=O)N2CCCCCC2)c2c(C)noc2n1. The number of aryl methyl sites for hydroxylation is 2. The molecule has 5 heteroatoms. The monoisotopic (exact) mass is 287 g/mol. The van der Waals surface area contributed by atoms with Gasteiger partial charge < -0.3 is 9.42 Å². The summed E-state index contributed by atoms with van der Waals surface area (Å²) in [6, 6.07) is 1.90. The van der Waals surface area contributed by atoms with E-state index in [2.05, 4.69) is 10.1 Å². The van der Waals surface area contributed by atoms with Crippen molar-refractivity contribution in [2.24, 2.45) is 0 Å². The fraction of sp³-hybridized carbons (Fsp3) is 0.562. The molecule has 112 valence electrons. The topological polar surface area (TPSA) is 59.2 Å². The standard InChI is InChI=1S/C16H21N3O2/c1-3-12-10-13(14-11(2)18-21-15(14)17-12)16(20)19-8-6-4-5-7-9-19/h10H,3-9H2,1-2H3. The van der Waals surface area contributed by atoms with E-state index in [0.29, 0.717) is 11.3 Å². The molecule has 5 nitrogen and oxygen atoms in total. The summed E-state index contributed by atoms with van der Waals surface area (Å²) in [6.07, 6.45) is 5.37. The number of fused-ring (bicyclic) bond motifs is 1. The summed E-state index contributed by atoms with van der Waals surface area (Å²) in [7, 11) is 0. The fourth-order valence-corrected chi connectivity index (χ4v) is 2.94. The Balaban J connectivity index is 2.04. The number of likely N-dealkylation sites (tertiary alicyclic amines) is 1. The minimum atomic E-state index is 0.0882. The van der Waals surface area contributed by atoms with Crippen LogP contribution in [0, 0.1) is 6.92 Å². The Kier molecular flexibility index (Phi) is 3.90. The second-order valence-electron chi connectivity index (χ2n) is 5.67. The third-order valence-electron chi connectivity index (χ3n) is 4.16. The Bertz CT molecular complexity index is 655. The molecular weight excluding hydrogens is 266 g/mol. The van der Waals surface area contributed by atoms with Gasteiger partial charge in [0.1, 0.15) is 0 Å². The summed E-state index contributed by atoms with van der Waals surface area (Å²) in [5, 5.41) is 4.73. The molecule has 0 unspecified atom stereocenters. The first kappa shape index (κ1) is 14.0. The van der Waals surface area contributed by atoms with E-state index < -0.39 is 0 Å². The molecule has 1 amide bonds. The molecule has 1 aliphatic rings. The van der Waals surface area contributed by atoms with Gasteiger partial charge in [0.25, 0.3) is 11.6 Å². The molecule has 0 spiro atoms. The van der Waals surface area contributed by atoms with Crippen molar-refractivity contribution < 1.29 is 9.32 Å². The van der Waals surface area contributed by atoms with Gasteiger partial charge >= 0.3 is 0 Å². The predicted molar refractivity (Wildman–Crippen MR) is 80.3 cm³/mol. The van der Waals surface area contributed by atoms with Crippen LogP contribution in [0.2, 0.25) is 0 Å². The van der Waals surface area contributed by atoms with Crippen LogP contribution in [-0.2, 0) is 6.42 Å². The number of aromatic nitrogens is 2. The third kappa shape index (κ3) is 2.64. The lowest BCUT2D eigenvalue weighted by atomic mass is 10.1. The summed E-state index contributed by atoms with van der Waals surface area (Å²) in [4.78, 5) is 19.3. The average molecular weight is 287 g/mol. The fourth-order valence-electron chi connectivity index (χ4n) is 2.94. The Hall–Kier alpha value is -1.91. The molecule has 1 aliphatic heterocycles. The number of carbonyl (C=O) groups is 1. The van der Waals surface area contributed by atoms with Crippen molar-refractivity contribution in [3.8, 4) is 0 Å². The van der Waals surface area contributed by atoms with Gasteiger partial charge in [0.15, 0.2) is 0 Å². The molecule has 2 aromatic heterocycles. The molecule has 0 atom stereocenters. The maximum absolute atomic E-state index is 12.9. The molecule has 0 saturated carbocycles. The van der Waals surface area contributed by atoms with Crippen molar-refractivity contribution in [1.29, 1.82) is 0 Å². The summed E-state index contributed by atoms with van der Waals surface area (Å²) in [6.45, 7) is 5.57. The smallest absolute Gasteiger partial charge is 0.258 e. The van der Waals surface area contributed by atoms with Crippen molar-refractivity contribution >= 4 is 17.0 Å². The van der Waals surface area contributed by atoms with Gasteiger partial charge in [-0.25, -0.2) is 4.98 Å². The van der Waals surface area contributed by atoms with Gasteiger partial charge in [-0.2, -0.15) is 0 Å². The lowest BCUT2D eigenvalue weighted by molar-refractivity contribution is 0.0763. The van der Waals surface area contributed by atoms with Crippen LogP contribution in [-0.4, -0.2) is 34.0 Å². The highest BCUT2D eigenvalue weighted by molar-refractivity contribution is 6.06. The number of hydrogen-bond donors (Lipinski definition) is 0. The zero-order chi connectivity index (χ0) is 14.8. The number of amides is 1. The van der Waals surface area contributed by atoms with Gasteiger partial charge in [0.05, 0.1) is 16.6 Å². The van der Waals surface area contributed by atoms with Gasteiger partial charge in [0, 0.05) is 18.8 Å². The van der Waals surface area contributed by atoms with Crippen molar-refractivity contribution in [1.82, 2.24) is 15.0 Å². The number of pyridine rings is 1. The van der Waals surface area contributed by atoms with E-state index in [4.69, 9.17) is 4.52 Å². The molecule has 1 fully saturated rings. The second-order valence-corrected chi connectivity index (χ2v) is 5.67.